The molecule has 2 rings (SSSR count). The summed E-state index contributed by atoms with van der Waals surface area (Å²) in [5.74, 6) is 1.14. The third kappa shape index (κ3) is 2.52. The number of nitrogens with zero attached hydrogens (tertiary/aromatic N) is 2. The third-order valence-corrected chi connectivity index (χ3v) is 3.65. The molecule has 0 bridgehead atoms. The van der Waals surface area contributed by atoms with Crippen LogP contribution in [0.3, 0.4) is 0 Å². The second-order valence-corrected chi connectivity index (χ2v) is 5.22. The normalized spacial score (nSPS) is 12.7. The van der Waals surface area contributed by atoms with Gasteiger partial charge in [0.25, 0.3) is 0 Å². The van der Waals surface area contributed by atoms with Gasteiger partial charge in [0.15, 0.2) is 0 Å². The van der Waals surface area contributed by atoms with Crippen LogP contribution in [0.1, 0.15) is 41.9 Å². The number of ether oxygens (including phenoxy) is 1. The lowest BCUT2D eigenvalue weighted by molar-refractivity contribution is 0.414. The summed E-state index contributed by atoms with van der Waals surface area (Å²) in [5.41, 5.74) is 8.30. The van der Waals surface area contributed by atoms with Gasteiger partial charge < -0.3 is 10.5 Å². The molecule has 0 aliphatic rings. The smallest absolute Gasteiger partial charge is 0.119 e. The summed E-state index contributed by atoms with van der Waals surface area (Å²) in [4.78, 5) is 1.03. The molecule has 96 valence electrons. The lowest BCUT2D eigenvalue weighted by atomic mass is 10.0. The highest BCUT2D eigenvalue weighted by Gasteiger charge is 2.19. The number of benzene rings is 1. The van der Waals surface area contributed by atoms with Crippen LogP contribution in [0.15, 0.2) is 24.3 Å². The van der Waals surface area contributed by atoms with Gasteiger partial charge in [0, 0.05) is 0 Å². The second-order valence-electron chi connectivity index (χ2n) is 4.43. The van der Waals surface area contributed by atoms with E-state index in [0.717, 1.165) is 21.9 Å². The van der Waals surface area contributed by atoms with E-state index >= 15 is 0 Å². The van der Waals surface area contributed by atoms with E-state index in [1.807, 2.05) is 24.3 Å². The van der Waals surface area contributed by atoms with Crippen molar-refractivity contribution in [3.8, 4) is 5.75 Å². The highest BCUT2D eigenvalue weighted by atomic mass is 32.1. The fourth-order valence-electron chi connectivity index (χ4n) is 1.81. The standard InChI is InChI=1S/C13H17N3OS/c1-8(2)12-13(18-16-15-12)11(14)9-5-4-6-10(7-9)17-3/h4-8,11H,14H2,1-3H3. The average Bonchev–Trinajstić information content (AvgIpc) is 2.87. The Bertz CT molecular complexity index is 524. The van der Waals surface area contributed by atoms with Gasteiger partial charge in [0.1, 0.15) is 5.75 Å². The zero-order valence-electron chi connectivity index (χ0n) is 10.8. The summed E-state index contributed by atoms with van der Waals surface area (Å²) < 4.78 is 9.23. The topological polar surface area (TPSA) is 61.0 Å². The Balaban J connectivity index is 2.35. The molecule has 0 amide bonds. The molecule has 4 nitrogen and oxygen atoms in total. The molecule has 2 N–H and O–H groups in total. The first-order valence-corrected chi connectivity index (χ1v) is 6.62. The minimum atomic E-state index is -0.197. The number of hydrogen-bond acceptors (Lipinski definition) is 5. The SMILES string of the molecule is COc1cccc(C(N)c2snnc2C(C)C)c1. The van der Waals surface area contributed by atoms with Crippen molar-refractivity contribution in [2.45, 2.75) is 25.8 Å². The maximum Gasteiger partial charge on any atom is 0.119 e. The van der Waals surface area contributed by atoms with Gasteiger partial charge in [-0.15, -0.1) is 5.10 Å². The molecule has 0 aliphatic carbocycles. The van der Waals surface area contributed by atoms with E-state index in [2.05, 4.69) is 23.4 Å². The van der Waals surface area contributed by atoms with Crippen LogP contribution in [0.5, 0.6) is 5.75 Å². The van der Waals surface area contributed by atoms with E-state index in [-0.39, 0.29) is 6.04 Å². The van der Waals surface area contributed by atoms with Crippen molar-refractivity contribution in [3.63, 3.8) is 0 Å². The quantitative estimate of drug-likeness (QED) is 0.921. The monoisotopic (exact) mass is 263 g/mol. The van der Waals surface area contributed by atoms with E-state index in [0.29, 0.717) is 5.92 Å². The maximum atomic E-state index is 6.30. The zero-order valence-corrected chi connectivity index (χ0v) is 11.6. The molecule has 0 saturated heterocycles. The molecule has 5 heteroatoms. The van der Waals surface area contributed by atoms with Crippen LogP contribution >= 0.6 is 11.5 Å². The molecular weight excluding hydrogens is 246 g/mol. The largest absolute Gasteiger partial charge is 0.497 e. The Morgan fingerprint density at radius 3 is 2.78 bits per heavy atom. The molecule has 1 atom stereocenters. The van der Waals surface area contributed by atoms with Crippen molar-refractivity contribution in [3.05, 3.63) is 40.4 Å². The van der Waals surface area contributed by atoms with Crippen LogP contribution < -0.4 is 10.5 Å². The summed E-state index contributed by atoms with van der Waals surface area (Å²) in [7, 11) is 1.65. The molecule has 1 aromatic carbocycles. The third-order valence-electron chi connectivity index (χ3n) is 2.82. The lowest BCUT2D eigenvalue weighted by Crippen LogP contribution is -2.13. The van der Waals surface area contributed by atoms with Gasteiger partial charge in [0.05, 0.1) is 23.7 Å². The molecule has 1 unspecified atom stereocenters. The van der Waals surface area contributed by atoms with Crippen LogP contribution in [0, 0.1) is 0 Å². The molecule has 0 radical (unpaired) electrons. The van der Waals surface area contributed by atoms with Crippen molar-refractivity contribution < 1.29 is 4.74 Å². The first kappa shape index (κ1) is 13.0. The Kier molecular flexibility index (Phi) is 3.93. The second kappa shape index (κ2) is 5.46. The fraction of sp³-hybridized carbons (Fsp3) is 0.385. The fourth-order valence-corrected chi connectivity index (χ4v) is 2.64. The van der Waals surface area contributed by atoms with Crippen molar-refractivity contribution in [2.75, 3.05) is 7.11 Å². The summed E-state index contributed by atoms with van der Waals surface area (Å²) in [6.07, 6.45) is 0. The predicted molar refractivity (Wildman–Crippen MR) is 73.0 cm³/mol. The van der Waals surface area contributed by atoms with Crippen LogP contribution in [0.2, 0.25) is 0 Å². The van der Waals surface area contributed by atoms with E-state index in [9.17, 15) is 0 Å². The number of nitrogens with two attached hydrogens (primary N) is 1. The maximum absolute atomic E-state index is 6.30. The molecule has 0 saturated carbocycles. The Labute approximate surface area is 111 Å². The molecule has 2 aromatic rings. The van der Waals surface area contributed by atoms with Gasteiger partial charge in [-0.05, 0) is 35.1 Å². The number of rotatable bonds is 4. The number of methoxy groups -OCH3 is 1. The lowest BCUT2D eigenvalue weighted by Gasteiger charge is -2.13. The van der Waals surface area contributed by atoms with Gasteiger partial charge in [-0.2, -0.15) is 0 Å². The van der Waals surface area contributed by atoms with Crippen molar-refractivity contribution in [1.82, 2.24) is 9.59 Å². The summed E-state index contributed by atoms with van der Waals surface area (Å²) in [6.45, 7) is 4.19. The van der Waals surface area contributed by atoms with Crippen molar-refractivity contribution in [2.24, 2.45) is 5.73 Å². The van der Waals surface area contributed by atoms with Gasteiger partial charge in [0.2, 0.25) is 0 Å². The van der Waals surface area contributed by atoms with Crippen LogP contribution in [0.4, 0.5) is 0 Å². The van der Waals surface area contributed by atoms with Crippen LogP contribution in [-0.2, 0) is 0 Å². The Morgan fingerprint density at radius 1 is 1.33 bits per heavy atom. The highest BCUT2D eigenvalue weighted by molar-refractivity contribution is 7.05. The predicted octanol–water partition coefficient (Wildman–Crippen LogP) is 2.72. The van der Waals surface area contributed by atoms with Gasteiger partial charge in [-0.3, -0.25) is 0 Å². The first-order valence-electron chi connectivity index (χ1n) is 5.85. The minimum Gasteiger partial charge on any atom is -0.497 e. The summed E-state index contributed by atoms with van der Waals surface area (Å²) in [5, 5.41) is 4.16. The van der Waals surface area contributed by atoms with E-state index in [1.165, 1.54) is 11.5 Å². The molecule has 18 heavy (non-hydrogen) atoms. The van der Waals surface area contributed by atoms with Gasteiger partial charge >= 0.3 is 0 Å². The van der Waals surface area contributed by atoms with Crippen LogP contribution in [-0.4, -0.2) is 16.7 Å². The van der Waals surface area contributed by atoms with E-state index in [4.69, 9.17) is 10.5 Å². The Morgan fingerprint density at radius 2 is 2.11 bits per heavy atom. The zero-order chi connectivity index (χ0) is 13.1. The molecule has 0 fully saturated rings. The molecular formula is C13H17N3OS. The highest BCUT2D eigenvalue weighted by Crippen LogP contribution is 2.30. The Hall–Kier alpha value is -1.46. The van der Waals surface area contributed by atoms with E-state index in [1.54, 1.807) is 7.11 Å². The van der Waals surface area contributed by atoms with E-state index < -0.39 is 0 Å². The van der Waals surface area contributed by atoms with Gasteiger partial charge in [-0.25, -0.2) is 0 Å². The van der Waals surface area contributed by atoms with Gasteiger partial charge in [-0.1, -0.05) is 30.5 Å². The van der Waals surface area contributed by atoms with Crippen molar-refractivity contribution >= 4 is 11.5 Å². The summed E-state index contributed by atoms with van der Waals surface area (Å²) >= 11 is 1.37. The molecule has 0 spiro atoms. The van der Waals surface area contributed by atoms with Crippen molar-refractivity contribution in [1.29, 1.82) is 0 Å². The molecule has 0 aliphatic heterocycles. The van der Waals surface area contributed by atoms with Crippen LogP contribution in [0.25, 0.3) is 0 Å². The molecule has 1 heterocycles. The number of hydrogen-bond donors (Lipinski definition) is 1. The first-order chi connectivity index (χ1) is 8.63. The average molecular weight is 263 g/mol. The molecule has 1 aromatic heterocycles. The minimum absolute atomic E-state index is 0.197. The summed E-state index contributed by atoms with van der Waals surface area (Å²) in [6, 6.07) is 7.60. The number of aromatic nitrogens is 2.